The van der Waals surface area contributed by atoms with Gasteiger partial charge in [0, 0.05) is 11.1 Å². The summed E-state index contributed by atoms with van der Waals surface area (Å²) in [6.07, 6.45) is 0.0906. The van der Waals surface area contributed by atoms with Gasteiger partial charge in [0.05, 0.1) is 39.4 Å². The number of rotatable bonds is 1. The summed E-state index contributed by atoms with van der Waals surface area (Å²) in [5, 5.41) is 12.1. The highest BCUT2D eigenvalue weighted by Gasteiger charge is 2.45. The van der Waals surface area contributed by atoms with Crippen molar-refractivity contribution in [2.75, 3.05) is 6.79 Å². The molecule has 0 fully saturated rings. The van der Waals surface area contributed by atoms with Gasteiger partial charge in [-0.3, -0.25) is 4.79 Å². The second kappa shape index (κ2) is 5.74. The first-order valence-corrected chi connectivity index (χ1v) is 9.89. The van der Waals surface area contributed by atoms with Gasteiger partial charge in [0.25, 0.3) is 5.56 Å². The summed E-state index contributed by atoms with van der Waals surface area (Å²) in [6.45, 7) is 1.75. The Morgan fingerprint density at radius 2 is 2.00 bits per heavy atom. The first-order valence-electron chi connectivity index (χ1n) is 9.52. The Kier molecular flexibility index (Phi) is 3.39. The number of halogens is 1. The molecule has 8 nitrogen and oxygen atoms in total. The number of ether oxygens (including phenoxy) is 3. The van der Waals surface area contributed by atoms with Crippen molar-refractivity contribution in [2.45, 2.75) is 32.1 Å². The summed E-state index contributed by atoms with van der Waals surface area (Å²) in [4.78, 5) is 30.3. The predicted molar refractivity (Wildman–Crippen MR) is 106 cm³/mol. The van der Waals surface area contributed by atoms with Crippen LogP contribution >= 0.6 is 11.6 Å². The van der Waals surface area contributed by atoms with E-state index in [2.05, 4.69) is 0 Å². The molecule has 0 aliphatic carbocycles. The number of fused-ring (bicyclic) bond motifs is 5. The van der Waals surface area contributed by atoms with Crippen molar-refractivity contribution in [3.05, 3.63) is 50.3 Å². The van der Waals surface area contributed by atoms with Crippen LogP contribution in [0.2, 0.25) is 5.02 Å². The van der Waals surface area contributed by atoms with Crippen LogP contribution in [0.5, 0.6) is 11.5 Å². The zero-order valence-corrected chi connectivity index (χ0v) is 16.6. The Morgan fingerprint density at radius 1 is 1.20 bits per heavy atom. The van der Waals surface area contributed by atoms with Gasteiger partial charge in [-0.1, -0.05) is 18.5 Å². The summed E-state index contributed by atoms with van der Waals surface area (Å²) in [5.41, 5.74) is 0.837. The van der Waals surface area contributed by atoms with Crippen molar-refractivity contribution in [3.8, 4) is 22.9 Å². The largest absolute Gasteiger partial charge is 0.458 e. The van der Waals surface area contributed by atoms with Crippen LogP contribution in [0.15, 0.2) is 23.0 Å². The lowest BCUT2D eigenvalue weighted by Crippen LogP contribution is -2.44. The van der Waals surface area contributed by atoms with Crippen molar-refractivity contribution in [2.24, 2.45) is 0 Å². The average molecular weight is 427 g/mol. The number of aliphatic hydroxyl groups is 1. The minimum absolute atomic E-state index is 0.00194. The van der Waals surface area contributed by atoms with E-state index in [9.17, 15) is 14.7 Å². The molecule has 2 aromatic heterocycles. The summed E-state index contributed by atoms with van der Waals surface area (Å²) < 4.78 is 18.0. The molecule has 30 heavy (non-hydrogen) atoms. The van der Waals surface area contributed by atoms with Crippen molar-refractivity contribution >= 4 is 28.5 Å². The Balaban J connectivity index is 1.68. The van der Waals surface area contributed by atoms with E-state index in [1.807, 2.05) is 0 Å². The molecular weight excluding hydrogens is 412 g/mol. The molecule has 3 aromatic rings. The van der Waals surface area contributed by atoms with Gasteiger partial charge in [-0.2, -0.15) is 0 Å². The number of hydrogen-bond donors (Lipinski definition) is 1. The van der Waals surface area contributed by atoms with E-state index in [1.165, 1.54) is 0 Å². The number of cyclic esters (lactones) is 1. The number of nitrogens with zero attached hydrogens (tertiary/aromatic N) is 2. The highest BCUT2D eigenvalue weighted by molar-refractivity contribution is 6.33. The fourth-order valence-electron chi connectivity index (χ4n) is 4.52. The Bertz CT molecular complexity index is 1360. The molecule has 0 spiro atoms. The van der Waals surface area contributed by atoms with E-state index in [0.717, 1.165) is 5.56 Å². The van der Waals surface area contributed by atoms with Crippen molar-refractivity contribution in [1.82, 2.24) is 9.55 Å². The van der Waals surface area contributed by atoms with E-state index in [1.54, 1.807) is 29.7 Å². The number of hydrogen-bond acceptors (Lipinski definition) is 7. The summed E-state index contributed by atoms with van der Waals surface area (Å²) in [5.74, 6) is 0.340. The fraction of sp³-hybridized carbons (Fsp3) is 0.286. The maximum absolute atomic E-state index is 13.3. The van der Waals surface area contributed by atoms with E-state index < -0.39 is 11.6 Å². The normalized spacial score (nSPS) is 20.7. The van der Waals surface area contributed by atoms with Crippen LogP contribution in [0, 0.1) is 0 Å². The van der Waals surface area contributed by atoms with Crippen LogP contribution in [0.4, 0.5) is 0 Å². The monoisotopic (exact) mass is 426 g/mol. The van der Waals surface area contributed by atoms with Gasteiger partial charge in [-0.05, 0) is 24.6 Å². The third-order valence-corrected chi connectivity index (χ3v) is 6.41. The number of benzene rings is 1. The van der Waals surface area contributed by atoms with Crippen LogP contribution < -0.4 is 15.0 Å². The van der Waals surface area contributed by atoms with Crippen LogP contribution in [-0.4, -0.2) is 27.4 Å². The van der Waals surface area contributed by atoms with Gasteiger partial charge < -0.3 is 23.9 Å². The Labute approximate surface area is 174 Å². The smallest absolute Gasteiger partial charge is 0.343 e. The van der Waals surface area contributed by atoms with Crippen molar-refractivity contribution in [3.63, 3.8) is 0 Å². The minimum atomic E-state index is -1.86. The third kappa shape index (κ3) is 2.02. The van der Waals surface area contributed by atoms with Gasteiger partial charge in [-0.15, -0.1) is 0 Å². The Hall–Kier alpha value is -3.10. The van der Waals surface area contributed by atoms with Gasteiger partial charge >= 0.3 is 5.97 Å². The summed E-state index contributed by atoms with van der Waals surface area (Å²) in [6, 6.07) is 5.14. The van der Waals surface area contributed by atoms with Gasteiger partial charge in [0.15, 0.2) is 11.4 Å². The first kappa shape index (κ1) is 17.7. The zero-order valence-electron chi connectivity index (χ0n) is 15.8. The molecule has 1 N–H and O–H groups in total. The minimum Gasteiger partial charge on any atom is -0.458 e. The van der Waals surface area contributed by atoms with Gasteiger partial charge in [0.1, 0.15) is 12.4 Å². The van der Waals surface area contributed by atoms with Crippen LogP contribution in [-0.2, 0) is 28.3 Å². The zero-order chi connectivity index (χ0) is 20.8. The maximum atomic E-state index is 13.3. The molecule has 0 saturated heterocycles. The fourth-order valence-corrected chi connectivity index (χ4v) is 4.74. The first-order chi connectivity index (χ1) is 14.4. The predicted octanol–water partition coefficient (Wildman–Crippen LogP) is 2.46. The number of carbonyl (C=O) groups is 1. The average Bonchev–Trinajstić information content (AvgIpc) is 3.13. The van der Waals surface area contributed by atoms with E-state index >= 15 is 0 Å². The lowest BCUT2D eigenvalue weighted by atomic mass is 9.86. The van der Waals surface area contributed by atoms with Gasteiger partial charge in [-0.25, -0.2) is 9.78 Å². The topological polar surface area (TPSA) is 99.9 Å². The highest BCUT2D eigenvalue weighted by Crippen LogP contribution is 2.48. The maximum Gasteiger partial charge on any atom is 0.343 e. The van der Waals surface area contributed by atoms with Crippen molar-refractivity contribution in [1.29, 1.82) is 0 Å². The molecule has 1 aromatic carbocycles. The molecule has 0 bridgehead atoms. The highest BCUT2D eigenvalue weighted by atomic mass is 35.5. The lowest BCUT2D eigenvalue weighted by Gasteiger charge is -2.31. The van der Waals surface area contributed by atoms with Gasteiger partial charge in [0.2, 0.25) is 6.79 Å². The third-order valence-electron chi connectivity index (χ3n) is 6.12. The molecule has 3 aliphatic heterocycles. The Morgan fingerprint density at radius 3 is 2.80 bits per heavy atom. The number of esters is 1. The summed E-state index contributed by atoms with van der Waals surface area (Å²) >= 11 is 6.28. The van der Waals surface area contributed by atoms with Crippen LogP contribution in [0.1, 0.15) is 30.0 Å². The molecule has 1 atom stereocenters. The standard InChI is InChI=1S/C21H15ClN2O6/c1-2-21(27)11-5-14-16-9(6-24(14)19(25)10(11)7-28-20(21)26)17-15-13(23-16)4-3-12(22)18(15)30-8-29-17/h3-5,27H,2,6-8H2,1H3. The number of carbonyl (C=O) groups excluding carboxylic acids is 1. The molecule has 5 heterocycles. The number of aromatic nitrogens is 2. The SMILES string of the molecule is CCC1(O)C(=O)OCc2c1cc1n(c2=O)Cc2c-1nc1ccc(Cl)c3c1c2OCO3. The van der Waals surface area contributed by atoms with Crippen LogP contribution in [0.3, 0.4) is 0 Å². The molecule has 1 unspecified atom stereocenters. The number of pyridine rings is 2. The molecule has 152 valence electrons. The second-order valence-corrected chi connectivity index (χ2v) is 7.96. The van der Waals surface area contributed by atoms with E-state index in [-0.39, 0.29) is 43.1 Å². The molecule has 0 radical (unpaired) electrons. The quantitative estimate of drug-likeness (QED) is 0.467. The molecule has 9 heteroatoms. The molecule has 3 aliphatic rings. The molecule has 0 amide bonds. The van der Waals surface area contributed by atoms with E-state index in [0.29, 0.717) is 38.8 Å². The van der Waals surface area contributed by atoms with E-state index in [4.69, 9.17) is 30.8 Å². The summed E-state index contributed by atoms with van der Waals surface area (Å²) in [7, 11) is 0. The van der Waals surface area contributed by atoms with Crippen LogP contribution in [0.25, 0.3) is 22.3 Å². The molecular formula is C21H15ClN2O6. The second-order valence-electron chi connectivity index (χ2n) is 7.55. The lowest BCUT2D eigenvalue weighted by molar-refractivity contribution is -0.172. The van der Waals surface area contributed by atoms with Crippen molar-refractivity contribution < 1.29 is 24.1 Å². The molecule has 0 saturated carbocycles. The molecule has 6 rings (SSSR count).